The molecule has 1 heterocycles. The third-order valence-corrected chi connectivity index (χ3v) is 3.94. The van der Waals surface area contributed by atoms with E-state index in [9.17, 15) is 5.11 Å². The quantitative estimate of drug-likeness (QED) is 0.783. The maximum Gasteiger partial charge on any atom is 0.198 e. The number of nitrogens with zero attached hydrogens (tertiary/aromatic N) is 1. The molecule has 0 aliphatic rings. The molecule has 4 heteroatoms. The second kappa shape index (κ2) is 5.38. The van der Waals surface area contributed by atoms with Crippen LogP contribution >= 0.6 is 15.9 Å². The Bertz CT molecular complexity index is 718. The number of rotatable bonds is 3. The Kier molecular flexibility index (Phi) is 3.59. The van der Waals surface area contributed by atoms with Gasteiger partial charge in [-0.25, -0.2) is 4.98 Å². The van der Waals surface area contributed by atoms with Crippen molar-refractivity contribution in [3.8, 4) is 0 Å². The monoisotopic (exact) mass is 331 g/mol. The van der Waals surface area contributed by atoms with E-state index in [2.05, 4.69) is 20.9 Å². The zero-order chi connectivity index (χ0) is 14.1. The Morgan fingerprint density at radius 1 is 1.25 bits per heavy atom. The fourth-order valence-corrected chi connectivity index (χ4v) is 2.71. The van der Waals surface area contributed by atoms with E-state index in [1.165, 1.54) is 0 Å². The maximum absolute atomic E-state index is 10.4. The molecule has 0 bridgehead atoms. The molecule has 0 spiro atoms. The summed E-state index contributed by atoms with van der Waals surface area (Å²) in [5, 5.41) is 10.4. The summed E-state index contributed by atoms with van der Waals surface area (Å²) in [6, 6.07) is 13.5. The summed E-state index contributed by atoms with van der Waals surface area (Å²) in [5.74, 6) is 0.548. The van der Waals surface area contributed by atoms with Gasteiger partial charge in [0.2, 0.25) is 0 Å². The Balaban J connectivity index is 1.88. The number of hydrogen-bond donors (Lipinski definition) is 1. The van der Waals surface area contributed by atoms with E-state index in [1.54, 1.807) is 0 Å². The molecule has 0 saturated heterocycles. The molecular formula is C16H14BrNO2. The number of aliphatic hydroxyl groups is 1. The Morgan fingerprint density at radius 2 is 2.05 bits per heavy atom. The molecule has 0 radical (unpaired) electrons. The summed E-state index contributed by atoms with van der Waals surface area (Å²) >= 11 is 3.47. The minimum atomic E-state index is -0.641. The van der Waals surface area contributed by atoms with Crippen LogP contribution in [0.2, 0.25) is 0 Å². The van der Waals surface area contributed by atoms with Crippen molar-refractivity contribution in [3.05, 3.63) is 64.0 Å². The third-order valence-electron chi connectivity index (χ3n) is 3.22. The van der Waals surface area contributed by atoms with E-state index in [0.717, 1.165) is 26.7 Å². The van der Waals surface area contributed by atoms with Crippen molar-refractivity contribution in [2.24, 2.45) is 0 Å². The highest BCUT2D eigenvalue weighted by Gasteiger charge is 2.16. The third kappa shape index (κ3) is 2.62. The van der Waals surface area contributed by atoms with E-state index >= 15 is 0 Å². The number of halogens is 1. The standard InChI is InChI=1S/C16H14BrNO2/c1-10-6-7-12(17)11(8-10)14(19)9-16-18-13-4-2-3-5-15(13)20-16/h2-8,14,19H,9H2,1H3. The van der Waals surface area contributed by atoms with Crippen molar-refractivity contribution in [1.82, 2.24) is 4.98 Å². The van der Waals surface area contributed by atoms with Crippen LogP contribution in [-0.4, -0.2) is 10.1 Å². The van der Waals surface area contributed by atoms with Crippen molar-refractivity contribution in [1.29, 1.82) is 0 Å². The van der Waals surface area contributed by atoms with Gasteiger partial charge in [0.15, 0.2) is 11.5 Å². The lowest BCUT2D eigenvalue weighted by Gasteiger charge is -2.11. The van der Waals surface area contributed by atoms with Gasteiger partial charge in [0.1, 0.15) is 5.52 Å². The van der Waals surface area contributed by atoms with E-state index in [-0.39, 0.29) is 0 Å². The van der Waals surface area contributed by atoms with Crippen LogP contribution < -0.4 is 0 Å². The Labute approximate surface area is 125 Å². The number of hydrogen-bond acceptors (Lipinski definition) is 3. The van der Waals surface area contributed by atoms with Gasteiger partial charge in [-0.2, -0.15) is 0 Å². The van der Waals surface area contributed by atoms with Gasteiger partial charge in [0.25, 0.3) is 0 Å². The molecule has 20 heavy (non-hydrogen) atoms. The van der Waals surface area contributed by atoms with Crippen molar-refractivity contribution < 1.29 is 9.52 Å². The lowest BCUT2D eigenvalue weighted by atomic mass is 10.0. The van der Waals surface area contributed by atoms with E-state index in [0.29, 0.717) is 12.3 Å². The molecule has 0 saturated carbocycles. The molecule has 0 aliphatic heterocycles. The zero-order valence-electron chi connectivity index (χ0n) is 11.0. The number of benzene rings is 2. The van der Waals surface area contributed by atoms with Crippen LogP contribution in [0.25, 0.3) is 11.1 Å². The summed E-state index contributed by atoms with van der Waals surface area (Å²) < 4.78 is 6.54. The highest BCUT2D eigenvalue weighted by atomic mass is 79.9. The fraction of sp³-hybridized carbons (Fsp3) is 0.188. The van der Waals surface area contributed by atoms with Crippen molar-refractivity contribution in [2.45, 2.75) is 19.4 Å². The van der Waals surface area contributed by atoms with Gasteiger partial charge >= 0.3 is 0 Å². The van der Waals surface area contributed by atoms with E-state index in [4.69, 9.17) is 4.42 Å². The number of aryl methyl sites for hydroxylation is 1. The maximum atomic E-state index is 10.4. The van der Waals surface area contributed by atoms with E-state index in [1.807, 2.05) is 49.4 Å². The summed E-state index contributed by atoms with van der Waals surface area (Å²) in [4.78, 5) is 4.39. The summed E-state index contributed by atoms with van der Waals surface area (Å²) in [7, 11) is 0. The second-order valence-corrected chi connectivity index (χ2v) is 5.67. The lowest BCUT2D eigenvalue weighted by molar-refractivity contribution is 0.168. The van der Waals surface area contributed by atoms with Crippen LogP contribution in [0.4, 0.5) is 0 Å². The van der Waals surface area contributed by atoms with Crippen LogP contribution in [0.1, 0.15) is 23.1 Å². The minimum Gasteiger partial charge on any atom is -0.441 e. The van der Waals surface area contributed by atoms with Gasteiger partial charge in [-0.3, -0.25) is 0 Å². The van der Waals surface area contributed by atoms with Gasteiger partial charge in [0, 0.05) is 4.47 Å². The normalized spacial score (nSPS) is 12.8. The molecule has 102 valence electrons. The van der Waals surface area contributed by atoms with Crippen LogP contribution in [0.15, 0.2) is 51.4 Å². The largest absolute Gasteiger partial charge is 0.441 e. The number of para-hydroxylation sites is 2. The predicted molar refractivity (Wildman–Crippen MR) is 81.6 cm³/mol. The van der Waals surface area contributed by atoms with Crippen molar-refractivity contribution in [3.63, 3.8) is 0 Å². The second-order valence-electron chi connectivity index (χ2n) is 4.82. The molecule has 1 N–H and O–H groups in total. The molecule has 2 aromatic carbocycles. The highest BCUT2D eigenvalue weighted by Crippen LogP contribution is 2.27. The number of oxazole rings is 1. The molecule has 0 fully saturated rings. The van der Waals surface area contributed by atoms with Crippen molar-refractivity contribution >= 4 is 27.0 Å². The molecule has 3 rings (SSSR count). The Hall–Kier alpha value is -1.65. The zero-order valence-corrected chi connectivity index (χ0v) is 12.6. The molecule has 3 nitrogen and oxygen atoms in total. The summed E-state index contributed by atoms with van der Waals surface area (Å²) in [6.07, 6.45) is -0.283. The average molecular weight is 332 g/mol. The first-order valence-electron chi connectivity index (χ1n) is 6.42. The van der Waals surface area contributed by atoms with Crippen LogP contribution in [-0.2, 0) is 6.42 Å². The summed E-state index contributed by atoms with van der Waals surface area (Å²) in [5.41, 5.74) is 3.53. The SMILES string of the molecule is Cc1ccc(Br)c(C(O)Cc2nc3ccccc3o2)c1. The van der Waals surface area contributed by atoms with Gasteiger partial charge in [0.05, 0.1) is 12.5 Å². The molecular weight excluding hydrogens is 318 g/mol. The predicted octanol–water partition coefficient (Wildman–Crippen LogP) is 4.17. The highest BCUT2D eigenvalue weighted by molar-refractivity contribution is 9.10. The first-order chi connectivity index (χ1) is 9.63. The molecule has 0 amide bonds. The first-order valence-corrected chi connectivity index (χ1v) is 7.21. The smallest absolute Gasteiger partial charge is 0.198 e. The molecule has 1 unspecified atom stereocenters. The molecule has 1 aromatic heterocycles. The van der Waals surface area contributed by atoms with Crippen LogP contribution in [0.3, 0.4) is 0 Å². The first kappa shape index (κ1) is 13.3. The molecule has 0 aliphatic carbocycles. The van der Waals surface area contributed by atoms with E-state index < -0.39 is 6.10 Å². The van der Waals surface area contributed by atoms with Gasteiger partial charge in [-0.05, 0) is 30.7 Å². The minimum absolute atomic E-state index is 0.358. The lowest BCUT2D eigenvalue weighted by Crippen LogP contribution is -2.03. The number of fused-ring (bicyclic) bond motifs is 1. The van der Waals surface area contributed by atoms with Gasteiger partial charge < -0.3 is 9.52 Å². The Morgan fingerprint density at radius 3 is 2.85 bits per heavy atom. The number of aliphatic hydroxyl groups excluding tert-OH is 1. The van der Waals surface area contributed by atoms with Crippen LogP contribution in [0, 0.1) is 6.92 Å². The fourth-order valence-electron chi connectivity index (χ4n) is 2.20. The summed E-state index contributed by atoms with van der Waals surface area (Å²) in [6.45, 7) is 2.00. The average Bonchev–Trinajstić information content (AvgIpc) is 2.83. The molecule has 1 atom stereocenters. The van der Waals surface area contributed by atoms with Crippen LogP contribution in [0.5, 0.6) is 0 Å². The molecule has 3 aromatic rings. The van der Waals surface area contributed by atoms with Gasteiger partial charge in [-0.15, -0.1) is 0 Å². The van der Waals surface area contributed by atoms with Crippen molar-refractivity contribution in [2.75, 3.05) is 0 Å². The topological polar surface area (TPSA) is 46.3 Å². The van der Waals surface area contributed by atoms with Gasteiger partial charge in [-0.1, -0.05) is 45.8 Å². The number of aromatic nitrogens is 1.